The van der Waals surface area contributed by atoms with Crippen LogP contribution in [0.2, 0.25) is 5.02 Å². The monoisotopic (exact) mass is 536 g/mol. The Kier molecular flexibility index (Phi) is 10.2. The number of carbonyl (C=O) groups excluding carboxylic acids is 2. The lowest BCUT2D eigenvalue weighted by Gasteiger charge is -2.29. The Morgan fingerprint density at radius 2 is 1.88 bits per heavy atom. The van der Waals surface area contributed by atoms with Crippen molar-refractivity contribution in [2.75, 3.05) is 13.2 Å². The van der Waals surface area contributed by atoms with Crippen LogP contribution in [0.15, 0.2) is 46.9 Å². The van der Waals surface area contributed by atoms with E-state index >= 15 is 0 Å². The molecule has 0 aliphatic rings. The third kappa shape index (κ3) is 8.04. The molecule has 0 radical (unpaired) electrons. The van der Waals surface area contributed by atoms with E-state index < -0.39 is 6.04 Å². The standard InChI is InChI=1S/C26H34BrClN2O3/c1-6-7-14-29-25(32)18(2)30(16-19-10-8-9-11-22(19)28)24(31)17-33-23-13-12-20(15-21(23)27)26(3,4)5/h8-13,15,18H,6-7,14,16-17H2,1-5H3,(H,29,32)/t18-/m1/s1. The zero-order chi connectivity index (χ0) is 24.6. The number of hydrogen-bond donors (Lipinski definition) is 1. The Bertz CT molecular complexity index is 959. The van der Waals surface area contributed by atoms with Crippen LogP contribution in [0.5, 0.6) is 5.75 Å². The number of nitrogens with one attached hydrogen (secondary N) is 1. The first kappa shape index (κ1) is 27.2. The lowest BCUT2D eigenvalue weighted by atomic mass is 9.87. The van der Waals surface area contributed by atoms with Gasteiger partial charge in [0.2, 0.25) is 5.91 Å². The highest BCUT2D eigenvalue weighted by Gasteiger charge is 2.27. The molecule has 0 aliphatic heterocycles. The third-order valence-electron chi connectivity index (χ3n) is 5.44. The van der Waals surface area contributed by atoms with E-state index in [1.807, 2.05) is 36.4 Å². The molecule has 2 amide bonds. The van der Waals surface area contributed by atoms with E-state index in [-0.39, 0.29) is 30.4 Å². The number of hydrogen-bond acceptors (Lipinski definition) is 3. The molecule has 180 valence electrons. The molecule has 2 rings (SSSR count). The Labute approximate surface area is 211 Å². The summed E-state index contributed by atoms with van der Waals surface area (Å²) in [7, 11) is 0. The van der Waals surface area contributed by atoms with Crippen molar-refractivity contribution in [2.24, 2.45) is 0 Å². The quantitative estimate of drug-likeness (QED) is 0.372. The fourth-order valence-corrected chi connectivity index (χ4v) is 3.92. The molecule has 1 N–H and O–H groups in total. The van der Waals surface area contributed by atoms with Crippen molar-refractivity contribution in [3.8, 4) is 5.75 Å². The van der Waals surface area contributed by atoms with Gasteiger partial charge in [-0.1, -0.05) is 70.0 Å². The van der Waals surface area contributed by atoms with Crippen LogP contribution in [0.1, 0.15) is 58.6 Å². The Morgan fingerprint density at radius 3 is 2.48 bits per heavy atom. The first-order chi connectivity index (χ1) is 15.5. The Morgan fingerprint density at radius 1 is 1.18 bits per heavy atom. The zero-order valence-electron chi connectivity index (χ0n) is 20.1. The number of carbonyl (C=O) groups is 2. The Hall–Kier alpha value is -2.05. The predicted molar refractivity (Wildman–Crippen MR) is 138 cm³/mol. The van der Waals surface area contributed by atoms with Crippen LogP contribution in [-0.4, -0.2) is 35.9 Å². The van der Waals surface area contributed by atoms with Crippen LogP contribution >= 0.6 is 27.5 Å². The van der Waals surface area contributed by atoms with Gasteiger partial charge in [-0.25, -0.2) is 0 Å². The molecule has 33 heavy (non-hydrogen) atoms. The molecule has 1 atom stereocenters. The molecule has 2 aromatic carbocycles. The number of unbranched alkanes of at least 4 members (excludes halogenated alkanes) is 1. The summed E-state index contributed by atoms with van der Waals surface area (Å²) in [6, 6.07) is 12.5. The fraction of sp³-hybridized carbons (Fsp3) is 0.462. The van der Waals surface area contributed by atoms with Crippen molar-refractivity contribution < 1.29 is 14.3 Å². The van der Waals surface area contributed by atoms with Gasteiger partial charge in [0.05, 0.1) is 4.47 Å². The minimum Gasteiger partial charge on any atom is -0.483 e. The maximum atomic E-state index is 13.2. The van der Waals surface area contributed by atoms with Crippen LogP contribution in [0.3, 0.4) is 0 Å². The molecule has 0 aromatic heterocycles. The second-order valence-corrected chi connectivity index (χ2v) is 10.4. The molecular formula is C26H34BrClN2O3. The van der Waals surface area contributed by atoms with Gasteiger partial charge in [0.1, 0.15) is 11.8 Å². The molecule has 0 bridgehead atoms. The van der Waals surface area contributed by atoms with Crippen LogP contribution in [0.4, 0.5) is 0 Å². The summed E-state index contributed by atoms with van der Waals surface area (Å²) in [5.41, 5.74) is 1.94. The maximum Gasteiger partial charge on any atom is 0.261 e. The van der Waals surface area contributed by atoms with Gasteiger partial charge in [-0.05, 0) is 64.0 Å². The van der Waals surface area contributed by atoms with Crippen molar-refractivity contribution in [3.63, 3.8) is 0 Å². The normalized spacial score (nSPS) is 12.2. The summed E-state index contributed by atoms with van der Waals surface area (Å²) in [6.07, 6.45) is 1.87. The number of benzene rings is 2. The highest BCUT2D eigenvalue weighted by Crippen LogP contribution is 2.31. The predicted octanol–water partition coefficient (Wildman–Crippen LogP) is 6.11. The topological polar surface area (TPSA) is 58.6 Å². The van der Waals surface area contributed by atoms with E-state index in [0.717, 1.165) is 28.4 Å². The van der Waals surface area contributed by atoms with Crippen LogP contribution in [0, 0.1) is 0 Å². The summed E-state index contributed by atoms with van der Waals surface area (Å²) in [5.74, 6) is 0.0912. The molecule has 7 heteroatoms. The van der Waals surface area contributed by atoms with Gasteiger partial charge < -0.3 is 15.0 Å². The van der Waals surface area contributed by atoms with Gasteiger partial charge in [-0.3, -0.25) is 9.59 Å². The largest absolute Gasteiger partial charge is 0.483 e. The number of halogens is 2. The average molecular weight is 538 g/mol. The smallest absolute Gasteiger partial charge is 0.261 e. The van der Waals surface area contributed by atoms with Crippen molar-refractivity contribution in [1.29, 1.82) is 0 Å². The highest BCUT2D eigenvalue weighted by molar-refractivity contribution is 9.10. The van der Waals surface area contributed by atoms with Crippen molar-refractivity contribution in [3.05, 3.63) is 63.1 Å². The Balaban J connectivity index is 2.17. The van der Waals surface area contributed by atoms with E-state index in [0.29, 0.717) is 17.3 Å². The van der Waals surface area contributed by atoms with E-state index in [4.69, 9.17) is 16.3 Å². The number of rotatable bonds is 10. The van der Waals surface area contributed by atoms with Crippen molar-refractivity contribution in [1.82, 2.24) is 10.2 Å². The van der Waals surface area contributed by atoms with Crippen molar-refractivity contribution >= 4 is 39.3 Å². The number of ether oxygens (including phenoxy) is 1. The van der Waals surface area contributed by atoms with Crippen LogP contribution < -0.4 is 10.1 Å². The summed E-state index contributed by atoms with van der Waals surface area (Å²) in [4.78, 5) is 27.4. The molecule has 0 fully saturated rings. The lowest BCUT2D eigenvalue weighted by Crippen LogP contribution is -2.49. The van der Waals surface area contributed by atoms with E-state index in [9.17, 15) is 9.59 Å². The number of nitrogens with zero attached hydrogens (tertiary/aromatic N) is 1. The van der Waals surface area contributed by atoms with Gasteiger partial charge in [-0.2, -0.15) is 0 Å². The third-order valence-corrected chi connectivity index (χ3v) is 6.43. The number of amides is 2. The molecular weight excluding hydrogens is 504 g/mol. The minimum atomic E-state index is -0.666. The van der Waals surface area contributed by atoms with Gasteiger partial charge in [0, 0.05) is 18.1 Å². The molecule has 5 nitrogen and oxygen atoms in total. The van der Waals surface area contributed by atoms with Crippen LogP contribution in [0.25, 0.3) is 0 Å². The van der Waals surface area contributed by atoms with Gasteiger partial charge in [0.15, 0.2) is 6.61 Å². The average Bonchev–Trinajstić information content (AvgIpc) is 2.76. The second-order valence-electron chi connectivity index (χ2n) is 9.12. The molecule has 2 aromatic rings. The molecule has 0 saturated carbocycles. The summed E-state index contributed by atoms with van der Waals surface area (Å²) in [5, 5.41) is 3.46. The molecule has 0 spiro atoms. The van der Waals surface area contributed by atoms with Crippen molar-refractivity contribution in [2.45, 2.75) is 65.5 Å². The summed E-state index contributed by atoms with van der Waals surface area (Å²) < 4.78 is 6.62. The molecule has 0 aliphatic carbocycles. The summed E-state index contributed by atoms with van der Waals surface area (Å²) in [6.45, 7) is 10.8. The van der Waals surface area contributed by atoms with Gasteiger partial charge in [0.25, 0.3) is 5.91 Å². The SMILES string of the molecule is CCCCNC(=O)[C@@H](C)N(Cc1ccccc1Cl)C(=O)COc1ccc(C(C)(C)C)cc1Br. The van der Waals surface area contributed by atoms with E-state index in [1.54, 1.807) is 13.0 Å². The highest BCUT2D eigenvalue weighted by atomic mass is 79.9. The lowest BCUT2D eigenvalue weighted by molar-refractivity contribution is -0.142. The first-order valence-electron chi connectivity index (χ1n) is 11.3. The first-order valence-corrected chi connectivity index (χ1v) is 12.4. The maximum absolute atomic E-state index is 13.2. The van der Waals surface area contributed by atoms with Crippen LogP contribution in [-0.2, 0) is 21.5 Å². The molecule has 0 heterocycles. The minimum absolute atomic E-state index is 0.00316. The van der Waals surface area contributed by atoms with E-state index in [2.05, 4.69) is 48.9 Å². The van der Waals surface area contributed by atoms with E-state index in [1.165, 1.54) is 4.90 Å². The zero-order valence-corrected chi connectivity index (χ0v) is 22.4. The second kappa shape index (κ2) is 12.4. The molecule has 0 unspecified atom stereocenters. The summed E-state index contributed by atoms with van der Waals surface area (Å²) >= 11 is 9.88. The fourth-order valence-electron chi connectivity index (χ4n) is 3.24. The van der Waals surface area contributed by atoms with Gasteiger partial charge >= 0.3 is 0 Å². The molecule has 0 saturated heterocycles. The van der Waals surface area contributed by atoms with Gasteiger partial charge in [-0.15, -0.1) is 0 Å².